The van der Waals surface area contributed by atoms with Gasteiger partial charge in [-0.15, -0.1) is 11.6 Å². The van der Waals surface area contributed by atoms with Crippen molar-refractivity contribution in [3.63, 3.8) is 0 Å². The Kier molecular flexibility index (Phi) is 4.80. The van der Waals surface area contributed by atoms with Crippen molar-refractivity contribution in [2.45, 2.75) is 19.2 Å². The molecule has 1 rings (SSSR count). The van der Waals surface area contributed by atoms with Crippen molar-refractivity contribution in [1.29, 1.82) is 5.26 Å². The second-order valence-electron chi connectivity index (χ2n) is 3.32. The van der Waals surface area contributed by atoms with Crippen LogP contribution in [0.2, 0.25) is 0 Å². The number of phenols is 1. The summed E-state index contributed by atoms with van der Waals surface area (Å²) >= 11 is 5.73. The molecule has 0 unspecified atom stereocenters. The Morgan fingerprint density at radius 2 is 2.29 bits per heavy atom. The van der Waals surface area contributed by atoms with Crippen molar-refractivity contribution in [3.8, 4) is 11.8 Å². The lowest BCUT2D eigenvalue weighted by molar-refractivity contribution is -0.142. The van der Waals surface area contributed by atoms with Gasteiger partial charge in [0.15, 0.2) is 0 Å². The highest BCUT2D eigenvalue weighted by atomic mass is 35.5. The van der Waals surface area contributed by atoms with Crippen LogP contribution in [0.5, 0.6) is 5.75 Å². The van der Waals surface area contributed by atoms with E-state index in [4.69, 9.17) is 21.6 Å². The fourth-order valence-electron chi connectivity index (χ4n) is 1.49. The molecule has 5 heteroatoms. The zero-order valence-corrected chi connectivity index (χ0v) is 10.1. The topological polar surface area (TPSA) is 70.3 Å². The molecular formula is C12H12ClNO3. The molecule has 0 spiro atoms. The van der Waals surface area contributed by atoms with Gasteiger partial charge in [0.2, 0.25) is 0 Å². The summed E-state index contributed by atoms with van der Waals surface area (Å²) in [7, 11) is 0. The van der Waals surface area contributed by atoms with Crippen LogP contribution in [-0.2, 0) is 21.8 Å². The third-order valence-electron chi connectivity index (χ3n) is 2.27. The third-order valence-corrected chi connectivity index (χ3v) is 2.56. The monoisotopic (exact) mass is 253 g/mol. The summed E-state index contributed by atoms with van der Waals surface area (Å²) in [5.41, 5.74) is 1.16. The molecule has 17 heavy (non-hydrogen) atoms. The van der Waals surface area contributed by atoms with Gasteiger partial charge in [-0.25, -0.2) is 0 Å². The highest BCUT2D eigenvalue weighted by Crippen LogP contribution is 2.25. The fourth-order valence-corrected chi connectivity index (χ4v) is 1.74. The summed E-state index contributed by atoms with van der Waals surface area (Å²) in [5, 5.41) is 18.5. The number of rotatable bonds is 4. The van der Waals surface area contributed by atoms with Crippen LogP contribution in [-0.4, -0.2) is 17.7 Å². The number of nitriles is 1. The molecule has 0 radical (unpaired) electrons. The van der Waals surface area contributed by atoms with Crippen molar-refractivity contribution >= 4 is 17.6 Å². The van der Waals surface area contributed by atoms with Gasteiger partial charge in [-0.2, -0.15) is 5.26 Å². The number of hydrogen-bond donors (Lipinski definition) is 1. The Morgan fingerprint density at radius 1 is 1.59 bits per heavy atom. The Labute approximate surface area is 104 Å². The molecule has 90 valence electrons. The summed E-state index contributed by atoms with van der Waals surface area (Å²) in [4.78, 5) is 11.4. The van der Waals surface area contributed by atoms with Gasteiger partial charge in [0, 0.05) is 5.88 Å². The van der Waals surface area contributed by atoms with E-state index in [0.717, 1.165) is 0 Å². The number of carbonyl (C=O) groups excluding carboxylic acids is 1. The quantitative estimate of drug-likeness (QED) is 0.659. The Balaban J connectivity index is 3.15. The number of alkyl halides is 1. The fraction of sp³-hybridized carbons (Fsp3) is 0.333. The van der Waals surface area contributed by atoms with Crippen molar-refractivity contribution in [2.75, 3.05) is 6.61 Å². The number of hydrogen-bond acceptors (Lipinski definition) is 4. The molecule has 0 saturated carbocycles. The molecule has 0 aliphatic rings. The highest BCUT2D eigenvalue weighted by molar-refractivity contribution is 6.17. The summed E-state index contributed by atoms with van der Waals surface area (Å²) in [6, 6.07) is 4.86. The Bertz CT molecular complexity index is 466. The predicted molar refractivity (Wildman–Crippen MR) is 62.7 cm³/mol. The summed E-state index contributed by atoms with van der Waals surface area (Å²) < 4.78 is 4.81. The van der Waals surface area contributed by atoms with Crippen LogP contribution in [0.25, 0.3) is 0 Å². The first kappa shape index (κ1) is 13.3. The molecule has 0 aromatic heterocycles. The third kappa shape index (κ3) is 3.11. The molecule has 1 N–H and O–H groups in total. The number of nitrogens with zero attached hydrogens (tertiary/aromatic N) is 1. The average molecular weight is 254 g/mol. The van der Waals surface area contributed by atoms with Gasteiger partial charge in [0.1, 0.15) is 11.8 Å². The minimum Gasteiger partial charge on any atom is -0.507 e. The lowest BCUT2D eigenvalue weighted by Gasteiger charge is -2.10. The van der Waals surface area contributed by atoms with E-state index in [1.807, 2.05) is 6.07 Å². The van der Waals surface area contributed by atoms with E-state index in [-0.39, 0.29) is 30.2 Å². The van der Waals surface area contributed by atoms with Crippen LogP contribution in [0.3, 0.4) is 0 Å². The number of ether oxygens (including phenoxy) is 1. The maximum atomic E-state index is 11.4. The van der Waals surface area contributed by atoms with Crippen molar-refractivity contribution in [2.24, 2.45) is 0 Å². The molecule has 0 fully saturated rings. The molecule has 0 saturated heterocycles. The van der Waals surface area contributed by atoms with Crippen LogP contribution < -0.4 is 0 Å². The van der Waals surface area contributed by atoms with Gasteiger partial charge >= 0.3 is 5.97 Å². The van der Waals surface area contributed by atoms with Crippen LogP contribution in [0, 0.1) is 11.3 Å². The molecule has 0 aliphatic carbocycles. The number of carbonyl (C=O) groups is 1. The van der Waals surface area contributed by atoms with E-state index in [2.05, 4.69) is 0 Å². The van der Waals surface area contributed by atoms with E-state index in [0.29, 0.717) is 11.1 Å². The van der Waals surface area contributed by atoms with Crippen LogP contribution in [0.15, 0.2) is 12.1 Å². The van der Waals surface area contributed by atoms with Gasteiger partial charge in [0.25, 0.3) is 0 Å². The summed E-state index contributed by atoms with van der Waals surface area (Å²) in [5.74, 6) is -0.425. The Hall–Kier alpha value is -1.73. The minimum absolute atomic E-state index is 0.0623. The first-order chi connectivity index (χ1) is 8.13. The van der Waals surface area contributed by atoms with E-state index >= 15 is 0 Å². The van der Waals surface area contributed by atoms with E-state index in [1.54, 1.807) is 13.0 Å². The zero-order chi connectivity index (χ0) is 12.8. The summed E-state index contributed by atoms with van der Waals surface area (Å²) in [6.07, 6.45) is -0.0623. The number of phenolic OH excluding ortho intramolecular Hbond substituents is 1. The number of aromatic hydroxyl groups is 1. The predicted octanol–water partition coefficient (Wildman–Crippen LogP) is 2.11. The maximum Gasteiger partial charge on any atom is 0.310 e. The highest BCUT2D eigenvalue weighted by Gasteiger charge is 2.16. The molecule has 4 nitrogen and oxygen atoms in total. The minimum atomic E-state index is -0.444. The summed E-state index contributed by atoms with van der Waals surface area (Å²) in [6.45, 7) is 1.98. The molecule has 1 aromatic carbocycles. The molecule has 1 aromatic rings. The number of halogens is 1. The van der Waals surface area contributed by atoms with Crippen LogP contribution in [0.1, 0.15) is 23.6 Å². The van der Waals surface area contributed by atoms with Crippen LogP contribution in [0.4, 0.5) is 0 Å². The van der Waals surface area contributed by atoms with E-state index < -0.39 is 5.97 Å². The molecule has 0 amide bonds. The Morgan fingerprint density at radius 3 is 2.82 bits per heavy atom. The van der Waals surface area contributed by atoms with Gasteiger partial charge in [-0.05, 0) is 24.1 Å². The van der Waals surface area contributed by atoms with Gasteiger partial charge in [-0.1, -0.05) is 6.07 Å². The average Bonchev–Trinajstić information content (AvgIpc) is 2.30. The first-order valence-electron chi connectivity index (χ1n) is 5.09. The lowest BCUT2D eigenvalue weighted by Crippen LogP contribution is -2.10. The first-order valence-corrected chi connectivity index (χ1v) is 5.62. The number of benzene rings is 1. The second-order valence-corrected chi connectivity index (χ2v) is 3.59. The van der Waals surface area contributed by atoms with Gasteiger partial charge in [-0.3, -0.25) is 4.79 Å². The molecule has 0 bridgehead atoms. The van der Waals surface area contributed by atoms with Crippen molar-refractivity contribution in [1.82, 2.24) is 0 Å². The maximum absolute atomic E-state index is 11.4. The smallest absolute Gasteiger partial charge is 0.310 e. The SMILES string of the molecule is CCOC(=O)Cc1c(CCl)ccc(O)c1C#N. The standard InChI is InChI=1S/C12H12ClNO3/c1-2-17-12(16)5-9-8(6-13)3-4-11(15)10(9)7-14/h3-4,15H,2,5-6H2,1H3. The van der Waals surface area contributed by atoms with E-state index in [9.17, 15) is 9.90 Å². The van der Waals surface area contributed by atoms with Gasteiger partial charge in [0.05, 0.1) is 18.6 Å². The van der Waals surface area contributed by atoms with E-state index in [1.165, 1.54) is 6.07 Å². The molecular weight excluding hydrogens is 242 g/mol. The molecule has 0 aliphatic heterocycles. The lowest BCUT2D eigenvalue weighted by atomic mass is 9.99. The zero-order valence-electron chi connectivity index (χ0n) is 9.36. The molecule has 0 heterocycles. The van der Waals surface area contributed by atoms with Crippen molar-refractivity contribution in [3.05, 3.63) is 28.8 Å². The largest absolute Gasteiger partial charge is 0.507 e. The van der Waals surface area contributed by atoms with Crippen LogP contribution >= 0.6 is 11.6 Å². The second kappa shape index (κ2) is 6.12. The molecule has 0 atom stereocenters. The van der Waals surface area contributed by atoms with Crippen molar-refractivity contribution < 1.29 is 14.6 Å². The number of esters is 1. The normalized spacial score (nSPS) is 9.71. The van der Waals surface area contributed by atoms with Gasteiger partial charge < -0.3 is 9.84 Å².